The summed E-state index contributed by atoms with van der Waals surface area (Å²) >= 11 is 2.02. The van der Waals surface area contributed by atoms with Crippen molar-refractivity contribution in [3.63, 3.8) is 0 Å². The molecule has 1 saturated heterocycles. The fourth-order valence-electron chi connectivity index (χ4n) is 2.04. The van der Waals surface area contributed by atoms with Gasteiger partial charge in [0, 0.05) is 11.8 Å². The predicted molar refractivity (Wildman–Crippen MR) is 65.4 cm³/mol. The minimum Gasteiger partial charge on any atom is -0.338 e. The van der Waals surface area contributed by atoms with Crippen LogP contribution in [0.2, 0.25) is 0 Å². The summed E-state index contributed by atoms with van der Waals surface area (Å²) in [5.74, 6) is 3.82. The number of thioether (sulfide) groups is 1. The van der Waals surface area contributed by atoms with Crippen LogP contribution in [0.4, 0.5) is 0 Å². The summed E-state index contributed by atoms with van der Waals surface area (Å²) < 4.78 is 5.08. The highest BCUT2D eigenvalue weighted by Gasteiger charge is 2.28. The quantitative estimate of drug-likeness (QED) is 0.877. The van der Waals surface area contributed by atoms with E-state index in [2.05, 4.69) is 29.3 Å². The fourth-order valence-corrected chi connectivity index (χ4v) is 3.35. The van der Waals surface area contributed by atoms with Crippen LogP contribution in [0.1, 0.15) is 32.0 Å². The van der Waals surface area contributed by atoms with Gasteiger partial charge in [-0.25, -0.2) is 0 Å². The number of hydrogen-bond acceptors (Lipinski definition) is 5. The molecule has 1 aromatic rings. The molecule has 0 aliphatic carbocycles. The van der Waals surface area contributed by atoms with Gasteiger partial charge in [-0.3, -0.25) is 0 Å². The number of hydrogen-bond donors (Lipinski definition) is 1. The van der Waals surface area contributed by atoms with Crippen molar-refractivity contribution in [1.82, 2.24) is 15.5 Å². The van der Waals surface area contributed by atoms with Gasteiger partial charge >= 0.3 is 0 Å². The zero-order valence-electron chi connectivity index (χ0n) is 10.1. The Balaban J connectivity index is 1.82. The SMILES string of the molecule is Cc1noc(CNC2CSCC(C)(C)C2)n1. The van der Waals surface area contributed by atoms with E-state index >= 15 is 0 Å². The lowest BCUT2D eigenvalue weighted by Gasteiger charge is -2.35. The van der Waals surface area contributed by atoms with E-state index in [1.54, 1.807) is 0 Å². The molecule has 4 nitrogen and oxygen atoms in total. The van der Waals surface area contributed by atoms with Crippen LogP contribution < -0.4 is 5.32 Å². The van der Waals surface area contributed by atoms with Gasteiger partial charge in [0.25, 0.3) is 0 Å². The first-order valence-corrected chi connectivity index (χ1v) is 6.81. The van der Waals surface area contributed by atoms with E-state index in [9.17, 15) is 0 Å². The van der Waals surface area contributed by atoms with E-state index in [4.69, 9.17) is 4.52 Å². The van der Waals surface area contributed by atoms with Crippen LogP contribution in [-0.4, -0.2) is 27.7 Å². The van der Waals surface area contributed by atoms with Crippen molar-refractivity contribution in [3.05, 3.63) is 11.7 Å². The first kappa shape index (κ1) is 11.9. The average molecular weight is 241 g/mol. The predicted octanol–water partition coefficient (Wildman–Crippen LogP) is 2.00. The van der Waals surface area contributed by atoms with Crippen molar-refractivity contribution < 1.29 is 4.52 Å². The van der Waals surface area contributed by atoms with Crippen LogP contribution in [0.5, 0.6) is 0 Å². The van der Waals surface area contributed by atoms with Crippen LogP contribution in [0.25, 0.3) is 0 Å². The Morgan fingerprint density at radius 1 is 1.56 bits per heavy atom. The molecule has 2 rings (SSSR count). The van der Waals surface area contributed by atoms with Crippen molar-refractivity contribution in [2.45, 2.75) is 39.8 Å². The van der Waals surface area contributed by atoms with Crippen LogP contribution in [0.15, 0.2) is 4.52 Å². The highest BCUT2D eigenvalue weighted by molar-refractivity contribution is 7.99. The molecule has 1 atom stereocenters. The van der Waals surface area contributed by atoms with Crippen LogP contribution in [0, 0.1) is 12.3 Å². The highest BCUT2D eigenvalue weighted by Crippen LogP contribution is 2.33. The van der Waals surface area contributed by atoms with Crippen molar-refractivity contribution in [1.29, 1.82) is 0 Å². The Labute approximate surface area is 101 Å². The summed E-state index contributed by atoms with van der Waals surface area (Å²) in [5, 5.41) is 7.27. The molecule has 0 bridgehead atoms. The molecule has 1 aliphatic heterocycles. The average Bonchev–Trinajstić information content (AvgIpc) is 2.60. The number of nitrogens with zero attached hydrogens (tertiary/aromatic N) is 2. The Morgan fingerprint density at radius 2 is 2.38 bits per heavy atom. The smallest absolute Gasteiger partial charge is 0.240 e. The van der Waals surface area contributed by atoms with Crippen molar-refractivity contribution in [3.8, 4) is 0 Å². The Morgan fingerprint density at radius 3 is 3.00 bits per heavy atom. The zero-order valence-corrected chi connectivity index (χ0v) is 10.9. The number of nitrogens with one attached hydrogen (secondary N) is 1. The maximum Gasteiger partial charge on any atom is 0.240 e. The molecule has 5 heteroatoms. The molecule has 0 spiro atoms. The lowest BCUT2D eigenvalue weighted by molar-refractivity contribution is 0.301. The maximum atomic E-state index is 5.08. The molecule has 1 unspecified atom stereocenters. The topological polar surface area (TPSA) is 51.0 Å². The third-order valence-corrected chi connectivity index (χ3v) is 4.35. The van der Waals surface area contributed by atoms with E-state index in [1.165, 1.54) is 17.9 Å². The summed E-state index contributed by atoms with van der Waals surface area (Å²) in [5.41, 5.74) is 0.436. The third-order valence-electron chi connectivity index (χ3n) is 2.72. The van der Waals surface area contributed by atoms with Gasteiger partial charge in [0.2, 0.25) is 5.89 Å². The van der Waals surface area contributed by atoms with E-state index in [1.807, 2.05) is 18.7 Å². The summed E-state index contributed by atoms with van der Waals surface area (Å²) in [6.07, 6.45) is 1.22. The van der Waals surface area contributed by atoms with Gasteiger partial charge in [-0.05, 0) is 24.5 Å². The van der Waals surface area contributed by atoms with Gasteiger partial charge in [-0.1, -0.05) is 19.0 Å². The van der Waals surface area contributed by atoms with Crippen LogP contribution in [0.3, 0.4) is 0 Å². The molecule has 1 N–H and O–H groups in total. The van der Waals surface area contributed by atoms with Crippen LogP contribution >= 0.6 is 11.8 Å². The zero-order chi connectivity index (χ0) is 11.6. The second-order valence-electron chi connectivity index (χ2n) is 5.20. The molecule has 90 valence electrons. The molecule has 16 heavy (non-hydrogen) atoms. The molecule has 0 saturated carbocycles. The molecule has 1 aromatic heterocycles. The minimum atomic E-state index is 0.436. The van der Waals surface area contributed by atoms with Gasteiger partial charge in [0.05, 0.1) is 6.54 Å². The van der Waals surface area contributed by atoms with Crippen molar-refractivity contribution >= 4 is 11.8 Å². The van der Waals surface area contributed by atoms with E-state index in [0.717, 1.165) is 0 Å². The standard InChI is InChI=1S/C11H19N3OS/c1-8-13-10(15-14-8)5-12-9-4-11(2,3)7-16-6-9/h9,12H,4-7H2,1-3H3. The third kappa shape index (κ3) is 3.22. The monoisotopic (exact) mass is 241 g/mol. The van der Waals surface area contributed by atoms with E-state index < -0.39 is 0 Å². The highest BCUT2D eigenvalue weighted by atomic mass is 32.2. The van der Waals surface area contributed by atoms with Gasteiger partial charge in [-0.15, -0.1) is 0 Å². The van der Waals surface area contributed by atoms with Gasteiger partial charge < -0.3 is 9.84 Å². The summed E-state index contributed by atoms with van der Waals surface area (Å²) in [6, 6.07) is 0.556. The Hall–Kier alpha value is -0.550. The summed E-state index contributed by atoms with van der Waals surface area (Å²) in [6.45, 7) is 7.17. The molecule has 0 amide bonds. The van der Waals surface area contributed by atoms with Crippen molar-refractivity contribution in [2.24, 2.45) is 5.41 Å². The molecular formula is C11H19N3OS. The second kappa shape index (κ2) is 4.75. The molecule has 0 radical (unpaired) electrons. The normalized spacial score (nSPS) is 24.6. The summed E-state index contributed by atoms with van der Waals surface area (Å²) in [7, 11) is 0. The van der Waals surface area contributed by atoms with Gasteiger partial charge in [0.1, 0.15) is 0 Å². The molecule has 1 fully saturated rings. The minimum absolute atomic E-state index is 0.436. The molecular weight excluding hydrogens is 222 g/mol. The maximum absolute atomic E-state index is 5.08. The first-order valence-electron chi connectivity index (χ1n) is 5.65. The number of aromatic nitrogens is 2. The lowest BCUT2D eigenvalue weighted by Crippen LogP contribution is -2.40. The van der Waals surface area contributed by atoms with Crippen molar-refractivity contribution in [2.75, 3.05) is 11.5 Å². The molecule has 2 heterocycles. The fraction of sp³-hybridized carbons (Fsp3) is 0.818. The van der Waals surface area contributed by atoms with Gasteiger partial charge in [0.15, 0.2) is 5.82 Å². The van der Waals surface area contributed by atoms with Gasteiger partial charge in [-0.2, -0.15) is 16.7 Å². The molecule has 0 aromatic carbocycles. The number of aryl methyl sites for hydroxylation is 1. The lowest BCUT2D eigenvalue weighted by atomic mass is 9.88. The summed E-state index contributed by atoms with van der Waals surface area (Å²) in [4.78, 5) is 4.18. The first-order chi connectivity index (χ1) is 7.55. The van der Waals surface area contributed by atoms with Crippen LogP contribution in [-0.2, 0) is 6.54 Å². The second-order valence-corrected chi connectivity index (χ2v) is 6.23. The van der Waals surface area contributed by atoms with E-state index in [0.29, 0.717) is 29.7 Å². The van der Waals surface area contributed by atoms with E-state index in [-0.39, 0.29) is 0 Å². The Bertz CT molecular complexity index is 351. The number of rotatable bonds is 3. The largest absolute Gasteiger partial charge is 0.338 e. The Kier molecular flexibility index (Phi) is 3.54. The molecule has 1 aliphatic rings.